The molecule has 0 spiro atoms. The second kappa shape index (κ2) is 10.9. The Morgan fingerprint density at radius 1 is 1.08 bits per heavy atom. The van der Waals surface area contributed by atoms with Crippen molar-refractivity contribution in [3.8, 4) is 17.2 Å². The molecule has 4 aromatic rings. The minimum Gasteiger partial charge on any atom is -0.493 e. The number of aromatic nitrogens is 4. The predicted octanol–water partition coefficient (Wildman–Crippen LogP) is 6.28. The predicted molar refractivity (Wildman–Crippen MR) is 148 cm³/mol. The fourth-order valence-corrected chi connectivity index (χ4v) is 4.90. The molecular formula is C28H31Cl2N5O3. The average Bonchev–Trinajstić information content (AvgIpc) is 3.58. The van der Waals surface area contributed by atoms with Crippen LogP contribution in [0.25, 0.3) is 11.2 Å². The molecule has 10 heteroatoms. The molecule has 1 aliphatic carbocycles. The van der Waals surface area contributed by atoms with Gasteiger partial charge >= 0.3 is 0 Å². The first kappa shape index (κ1) is 26.4. The van der Waals surface area contributed by atoms with Crippen LogP contribution < -0.4 is 19.7 Å². The van der Waals surface area contributed by atoms with Gasteiger partial charge in [-0.25, -0.2) is 9.97 Å². The van der Waals surface area contributed by atoms with E-state index in [0.29, 0.717) is 45.9 Å². The molecule has 2 N–H and O–H groups in total. The summed E-state index contributed by atoms with van der Waals surface area (Å²) in [7, 11) is 1.66. The summed E-state index contributed by atoms with van der Waals surface area (Å²) < 4.78 is 19.8. The van der Waals surface area contributed by atoms with Gasteiger partial charge in [-0.3, -0.25) is 5.41 Å². The van der Waals surface area contributed by atoms with E-state index in [2.05, 4.69) is 9.97 Å². The lowest BCUT2D eigenvalue weighted by Crippen LogP contribution is -2.27. The SMILES string of the molecule is COc1ccc(Cn2cnc(=N)c3[nH]c(C(C)(C)COc4ccc(Cl)c(Cl)c4)nc32)cc1OC1CCCC1. The standard InChI is InChI=1S/C28H31Cl2N5O3/c1-28(2,15-37-19-9-10-20(29)21(30)13-19)27-33-24-25(31)32-16-35(26(24)34-27)14-17-8-11-22(36-3)23(12-17)38-18-6-4-5-7-18/h8-13,16,18,31H,4-7,14-15H2,1-3H3,(H,33,34). The van der Waals surface area contributed by atoms with E-state index in [0.717, 1.165) is 29.9 Å². The van der Waals surface area contributed by atoms with Crippen LogP contribution in [0.2, 0.25) is 10.0 Å². The molecule has 0 amide bonds. The summed E-state index contributed by atoms with van der Waals surface area (Å²) in [6, 6.07) is 11.1. The van der Waals surface area contributed by atoms with Crippen LogP contribution in [0.5, 0.6) is 17.2 Å². The average molecular weight is 556 g/mol. The van der Waals surface area contributed by atoms with Crippen molar-refractivity contribution in [2.45, 2.75) is 57.6 Å². The molecule has 0 unspecified atom stereocenters. The minimum absolute atomic E-state index is 0.135. The number of methoxy groups -OCH3 is 1. The quantitative estimate of drug-likeness (QED) is 0.253. The van der Waals surface area contributed by atoms with Gasteiger partial charge in [0.2, 0.25) is 0 Å². The lowest BCUT2D eigenvalue weighted by Gasteiger charge is -2.22. The minimum atomic E-state index is -0.488. The van der Waals surface area contributed by atoms with Gasteiger partial charge in [0.25, 0.3) is 0 Å². The first-order valence-electron chi connectivity index (χ1n) is 12.6. The van der Waals surface area contributed by atoms with Crippen LogP contribution >= 0.6 is 23.2 Å². The molecule has 2 aromatic carbocycles. The number of nitrogens with zero attached hydrogens (tertiary/aromatic N) is 3. The summed E-state index contributed by atoms with van der Waals surface area (Å²) in [5.41, 5.74) is 1.89. The van der Waals surface area contributed by atoms with Gasteiger partial charge in [0.05, 0.1) is 41.5 Å². The number of hydrogen-bond donors (Lipinski definition) is 2. The number of imidazole rings is 1. The number of H-pyrrole nitrogens is 1. The molecule has 0 atom stereocenters. The molecule has 0 saturated heterocycles. The molecule has 1 saturated carbocycles. The molecule has 1 aliphatic rings. The van der Waals surface area contributed by atoms with E-state index in [1.54, 1.807) is 31.6 Å². The molecule has 0 aliphatic heterocycles. The smallest absolute Gasteiger partial charge is 0.173 e. The summed E-state index contributed by atoms with van der Waals surface area (Å²) in [6.07, 6.45) is 6.40. The molecular weight excluding hydrogens is 525 g/mol. The van der Waals surface area contributed by atoms with Crippen LogP contribution in [0, 0.1) is 5.41 Å². The third-order valence-electron chi connectivity index (χ3n) is 6.83. The Hall–Kier alpha value is -3.23. The number of benzene rings is 2. The first-order valence-corrected chi connectivity index (χ1v) is 13.4. The Balaban J connectivity index is 1.40. The van der Waals surface area contributed by atoms with Crippen molar-refractivity contribution in [1.82, 2.24) is 19.5 Å². The second-order valence-corrected chi connectivity index (χ2v) is 11.1. The monoisotopic (exact) mass is 555 g/mol. The van der Waals surface area contributed by atoms with Crippen molar-refractivity contribution >= 4 is 34.4 Å². The van der Waals surface area contributed by atoms with Gasteiger partial charge in [-0.1, -0.05) is 29.3 Å². The van der Waals surface area contributed by atoms with Crippen LogP contribution in [0.15, 0.2) is 42.7 Å². The van der Waals surface area contributed by atoms with Crippen LogP contribution in [0.1, 0.15) is 50.9 Å². The zero-order valence-corrected chi connectivity index (χ0v) is 23.2. The lowest BCUT2D eigenvalue weighted by molar-refractivity contribution is 0.200. The van der Waals surface area contributed by atoms with E-state index in [1.165, 1.54) is 12.8 Å². The Morgan fingerprint density at radius 3 is 2.61 bits per heavy atom. The van der Waals surface area contributed by atoms with Crippen molar-refractivity contribution in [2.75, 3.05) is 13.7 Å². The normalized spacial score (nSPS) is 14.2. The number of nitrogens with one attached hydrogen (secondary N) is 2. The second-order valence-electron chi connectivity index (χ2n) is 10.3. The molecule has 0 radical (unpaired) electrons. The van der Waals surface area contributed by atoms with Crippen LogP contribution in [0.4, 0.5) is 0 Å². The van der Waals surface area contributed by atoms with E-state index in [1.807, 2.05) is 36.6 Å². The van der Waals surface area contributed by atoms with Crippen LogP contribution in [-0.4, -0.2) is 39.3 Å². The highest BCUT2D eigenvalue weighted by atomic mass is 35.5. The number of fused-ring (bicyclic) bond motifs is 1. The summed E-state index contributed by atoms with van der Waals surface area (Å²) in [5, 5.41) is 9.27. The highest BCUT2D eigenvalue weighted by Crippen LogP contribution is 2.33. The molecule has 0 bridgehead atoms. The highest BCUT2D eigenvalue weighted by Gasteiger charge is 2.27. The number of rotatable bonds is 9. The maximum absolute atomic E-state index is 8.36. The third kappa shape index (κ3) is 5.61. The zero-order chi connectivity index (χ0) is 26.9. The Labute approximate surface area is 231 Å². The Kier molecular flexibility index (Phi) is 7.54. The first-order chi connectivity index (χ1) is 18.2. The van der Waals surface area contributed by atoms with Gasteiger partial charge in [0.1, 0.15) is 23.7 Å². The summed E-state index contributed by atoms with van der Waals surface area (Å²) >= 11 is 12.1. The van der Waals surface area contributed by atoms with E-state index >= 15 is 0 Å². The largest absolute Gasteiger partial charge is 0.493 e. The molecule has 200 valence electrons. The van der Waals surface area contributed by atoms with Crippen molar-refractivity contribution in [3.05, 3.63) is 69.6 Å². The number of halogens is 2. The van der Waals surface area contributed by atoms with Gasteiger partial charge in [-0.05, 0) is 69.4 Å². The number of ether oxygens (including phenoxy) is 3. The van der Waals surface area contributed by atoms with Crippen molar-refractivity contribution in [1.29, 1.82) is 5.41 Å². The van der Waals surface area contributed by atoms with Gasteiger partial charge in [0.15, 0.2) is 22.6 Å². The summed E-state index contributed by atoms with van der Waals surface area (Å²) in [5.74, 6) is 2.79. The van der Waals surface area contributed by atoms with Gasteiger partial charge < -0.3 is 23.8 Å². The van der Waals surface area contributed by atoms with Gasteiger partial charge in [-0.2, -0.15) is 0 Å². The maximum Gasteiger partial charge on any atom is 0.173 e. The molecule has 2 heterocycles. The Morgan fingerprint density at radius 2 is 1.87 bits per heavy atom. The van der Waals surface area contributed by atoms with Crippen molar-refractivity contribution in [3.63, 3.8) is 0 Å². The Bertz CT molecular complexity index is 1510. The van der Waals surface area contributed by atoms with Crippen molar-refractivity contribution < 1.29 is 14.2 Å². The van der Waals surface area contributed by atoms with E-state index < -0.39 is 5.41 Å². The molecule has 38 heavy (non-hydrogen) atoms. The van der Waals surface area contributed by atoms with Crippen LogP contribution in [-0.2, 0) is 12.0 Å². The summed E-state index contributed by atoms with van der Waals surface area (Å²) in [4.78, 5) is 12.5. The van der Waals surface area contributed by atoms with Gasteiger partial charge in [-0.15, -0.1) is 0 Å². The number of aromatic amines is 1. The fourth-order valence-electron chi connectivity index (χ4n) is 4.61. The van der Waals surface area contributed by atoms with Crippen molar-refractivity contribution in [2.24, 2.45) is 0 Å². The lowest BCUT2D eigenvalue weighted by atomic mass is 9.94. The van der Waals surface area contributed by atoms with E-state index in [4.69, 9.17) is 47.8 Å². The van der Waals surface area contributed by atoms with E-state index in [9.17, 15) is 0 Å². The van der Waals surface area contributed by atoms with E-state index in [-0.39, 0.29) is 11.6 Å². The fraction of sp³-hybridized carbons (Fsp3) is 0.393. The maximum atomic E-state index is 8.36. The summed E-state index contributed by atoms with van der Waals surface area (Å²) in [6.45, 7) is 4.91. The molecule has 1 fully saturated rings. The molecule has 5 rings (SSSR count). The molecule has 8 nitrogen and oxygen atoms in total. The topological polar surface area (TPSA) is 98.0 Å². The third-order valence-corrected chi connectivity index (χ3v) is 7.57. The number of hydrogen-bond acceptors (Lipinski definition) is 6. The van der Waals surface area contributed by atoms with Crippen LogP contribution in [0.3, 0.4) is 0 Å². The van der Waals surface area contributed by atoms with Gasteiger partial charge in [0, 0.05) is 6.07 Å². The highest BCUT2D eigenvalue weighted by molar-refractivity contribution is 6.42. The zero-order valence-electron chi connectivity index (χ0n) is 21.7. The molecule has 2 aromatic heterocycles.